The Balaban J connectivity index is 0.000000324. The second-order valence-corrected chi connectivity index (χ2v) is 11.1. The third-order valence-corrected chi connectivity index (χ3v) is 8.42. The average molecular weight is 574 g/mol. The first-order valence-corrected chi connectivity index (χ1v) is 15.2. The van der Waals surface area contributed by atoms with Crippen LogP contribution in [0.5, 0.6) is 0 Å². The summed E-state index contributed by atoms with van der Waals surface area (Å²) in [6.45, 7) is 6.14. The summed E-state index contributed by atoms with van der Waals surface area (Å²) in [5.41, 5.74) is 7.41. The number of nitrogens with two attached hydrogens (primary N) is 1. The molecular formula is C33H48BN5O3. The summed E-state index contributed by atoms with van der Waals surface area (Å²) in [6.07, 6.45) is 15.0. The largest absolute Gasteiger partial charge is 0.369 e. The van der Waals surface area contributed by atoms with Crippen molar-refractivity contribution in [2.75, 3.05) is 0 Å². The van der Waals surface area contributed by atoms with E-state index in [1.54, 1.807) is 6.20 Å². The van der Waals surface area contributed by atoms with Gasteiger partial charge in [-0.25, -0.2) is 10.2 Å². The fourth-order valence-electron chi connectivity index (χ4n) is 5.77. The number of unbranched alkanes of at least 4 members (excludes halogenated alkanes) is 3. The number of hydrogen-bond acceptors (Lipinski definition) is 5. The van der Waals surface area contributed by atoms with E-state index in [0.29, 0.717) is 24.0 Å². The van der Waals surface area contributed by atoms with E-state index in [2.05, 4.69) is 20.9 Å². The molecule has 5 rings (SSSR count). The molecule has 8 nitrogen and oxygen atoms in total. The van der Waals surface area contributed by atoms with E-state index in [1.165, 1.54) is 0 Å². The molecule has 4 N–H and O–H groups in total. The number of imidazole rings is 1. The predicted octanol–water partition coefficient (Wildman–Crippen LogP) is 6.88. The molecule has 1 saturated carbocycles. The molecule has 1 amide bonds. The molecule has 0 bridgehead atoms. The van der Waals surface area contributed by atoms with Crippen LogP contribution in [0.1, 0.15) is 91.8 Å². The molecule has 2 aromatic heterocycles. The van der Waals surface area contributed by atoms with Crippen LogP contribution in [-0.4, -0.2) is 33.4 Å². The van der Waals surface area contributed by atoms with Crippen molar-refractivity contribution in [3.8, 4) is 17.2 Å². The highest BCUT2D eigenvalue weighted by atomic mass is 16.1. The average Bonchev–Trinajstić information content (AvgIpc) is 3.49. The van der Waals surface area contributed by atoms with Crippen LogP contribution in [0, 0.1) is 22.6 Å². The molecular weight excluding hydrogens is 525 g/mol. The lowest BCUT2D eigenvalue weighted by molar-refractivity contribution is -0.120. The maximum Gasteiger partial charge on any atom is 0.267 e. The minimum Gasteiger partial charge on any atom is -0.369 e. The molecule has 9 heteroatoms. The number of carbonyl (C=O) groups excluding carboxylic acids is 2. The molecule has 1 spiro atoms. The number of primary amides is 1. The fourth-order valence-corrected chi connectivity index (χ4v) is 5.77. The minimum atomic E-state index is -0.143. The van der Waals surface area contributed by atoms with Gasteiger partial charge in [0.25, 0.3) is 12.3 Å². The van der Waals surface area contributed by atoms with Crippen molar-refractivity contribution < 1.29 is 9.59 Å². The summed E-state index contributed by atoms with van der Waals surface area (Å²) in [7, 11) is 0. The number of rotatable bonds is 10. The molecule has 1 aromatic carbocycles. The van der Waals surface area contributed by atoms with Crippen LogP contribution in [-0.2, 0) is 16.0 Å². The number of benzene rings is 1. The van der Waals surface area contributed by atoms with Crippen molar-refractivity contribution in [2.24, 2.45) is 17.1 Å². The Morgan fingerprint density at radius 3 is 2.50 bits per heavy atom. The van der Waals surface area contributed by atoms with Gasteiger partial charge in [-0.2, -0.15) is 0 Å². The van der Waals surface area contributed by atoms with Crippen molar-refractivity contribution >= 4 is 29.2 Å². The van der Waals surface area contributed by atoms with Crippen LogP contribution in [0.4, 0.5) is 0 Å². The molecule has 3 aromatic rings. The Bertz CT molecular complexity index is 1400. The first-order valence-electron chi connectivity index (χ1n) is 15.2. The summed E-state index contributed by atoms with van der Waals surface area (Å²) in [6, 6.07) is 7.70. The third kappa shape index (κ3) is 9.17. The topological polar surface area (TPSA) is 145 Å². The summed E-state index contributed by atoms with van der Waals surface area (Å²) in [4.78, 5) is 44.5. The van der Waals surface area contributed by atoms with Gasteiger partial charge in [0.15, 0.2) is 0 Å². The van der Waals surface area contributed by atoms with Gasteiger partial charge in [0, 0.05) is 48.3 Å². The Kier molecular flexibility index (Phi) is 13.7. The highest BCUT2D eigenvalue weighted by molar-refractivity contribution is 6.67. The number of aromatic amines is 2. The van der Waals surface area contributed by atoms with Crippen molar-refractivity contribution in [3.63, 3.8) is 0 Å². The second-order valence-electron chi connectivity index (χ2n) is 11.1. The lowest BCUT2D eigenvalue weighted by Crippen LogP contribution is -2.25. The van der Waals surface area contributed by atoms with Gasteiger partial charge < -0.3 is 15.7 Å². The molecule has 226 valence electrons. The lowest BCUT2D eigenvalue weighted by Gasteiger charge is -2.23. The highest BCUT2D eigenvalue weighted by Gasteiger charge is 2.58. The predicted molar refractivity (Wildman–Crippen MR) is 172 cm³/mol. The molecule has 1 unspecified atom stereocenters. The summed E-state index contributed by atoms with van der Waals surface area (Å²) in [5, 5.41) is 10.3. The molecule has 0 radical (unpaired) electrons. The van der Waals surface area contributed by atoms with Crippen LogP contribution >= 0.6 is 0 Å². The number of aryl methyl sites for hydroxylation is 1. The van der Waals surface area contributed by atoms with Crippen molar-refractivity contribution in [1.29, 1.82) is 5.26 Å². The Morgan fingerprint density at radius 1 is 1.14 bits per heavy atom. The molecule has 2 aliphatic rings. The quantitative estimate of drug-likeness (QED) is 0.179. The molecule has 3 heterocycles. The van der Waals surface area contributed by atoms with Crippen LogP contribution in [0.15, 0.2) is 41.5 Å². The van der Waals surface area contributed by atoms with Gasteiger partial charge in [0.1, 0.15) is 11.6 Å². The van der Waals surface area contributed by atoms with Gasteiger partial charge in [-0.3, -0.25) is 14.4 Å². The zero-order valence-corrected chi connectivity index (χ0v) is 24.8. The zero-order valence-electron chi connectivity index (χ0n) is 24.8. The van der Waals surface area contributed by atoms with Crippen LogP contribution in [0.25, 0.3) is 22.0 Å². The highest BCUT2D eigenvalue weighted by Crippen LogP contribution is 2.61. The van der Waals surface area contributed by atoms with E-state index in [0.717, 1.165) is 86.5 Å². The standard InChI is InChI=1S/C21H25N3O2.C9H13BN2O.C2H6.CH4/c1-2-17(25)7-5-3-4-6-8-20-23-14-19(24-20)16-9-10-18-15(13-16)11-12-22-21(18)26;11-6-10-3-1-9(2-4-10)5-7(9)8(12)13;1-2;/h9-14H,2-8H2,1H3,(H,22,26)(H,23,24);7H,1-5H2,(H2,12,13);1-2H3;1H4. The number of nitriles is 1. The van der Waals surface area contributed by atoms with Crippen molar-refractivity contribution in [2.45, 2.75) is 105 Å². The van der Waals surface area contributed by atoms with Gasteiger partial charge in [-0.1, -0.05) is 72.6 Å². The normalized spacial score (nSPS) is 16.2. The van der Waals surface area contributed by atoms with Crippen LogP contribution in [0.3, 0.4) is 0 Å². The molecule has 1 aliphatic carbocycles. The third-order valence-electron chi connectivity index (χ3n) is 8.42. The number of Topliss-reactive ketones (excluding diaryl/α,β-unsaturated/α-hetero) is 1. The van der Waals surface area contributed by atoms with Crippen LogP contribution in [0.2, 0.25) is 12.6 Å². The number of pyridine rings is 1. The monoisotopic (exact) mass is 573 g/mol. The number of carbonyl (C=O) groups is 2. The SMILES string of the molecule is C.CC.CCC(=O)CCCCCCc1ncc(-c2ccc3c(=O)[nH]ccc3c2)[nH]1.N#CB1CCC2(CC1)CC2C(N)=O. The maximum atomic E-state index is 11.8. The number of amides is 1. The van der Waals surface area contributed by atoms with E-state index in [-0.39, 0.29) is 36.9 Å². The Labute approximate surface area is 251 Å². The maximum absolute atomic E-state index is 11.8. The number of nitrogens with zero attached hydrogens (tertiary/aromatic N) is 2. The van der Waals surface area contributed by atoms with Crippen molar-refractivity contribution in [1.82, 2.24) is 15.0 Å². The van der Waals surface area contributed by atoms with Crippen LogP contribution < -0.4 is 11.3 Å². The number of aromatic nitrogens is 3. The molecule has 1 saturated heterocycles. The lowest BCUT2D eigenvalue weighted by atomic mass is 9.41. The van der Waals surface area contributed by atoms with E-state index in [4.69, 9.17) is 11.0 Å². The van der Waals surface area contributed by atoms with E-state index >= 15 is 0 Å². The molecule has 42 heavy (non-hydrogen) atoms. The number of fused-ring (bicyclic) bond motifs is 1. The summed E-state index contributed by atoms with van der Waals surface area (Å²) in [5.74, 6) is 3.61. The van der Waals surface area contributed by atoms with E-state index in [9.17, 15) is 14.4 Å². The van der Waals surface area contributed by atoms with Gasteiger partial charge in [-0.05, 0) is 48.3 Å². The molecule has 2 fully saturated rings. The van der Waals surface area contributed by atoms with Crippen molar-refractivity contribution in [3.05, 3.63) is 52.8 Å². The second kappa shape index (κ2) is 16.7. The summed E-state index contributed by atoms with van der Waals surface area (Å²) >= 11 is 0. The van der Waals surface area contributed by atoms with E-state index in [1.807, 2.05) is 51.2 Å². The van der Waals surface area contributed by atoms with Gasteiger partial charge >= 0.3 is 0 Å². The number of nitrogens with one attached hydrogen (secondary N) is 2. The Hall–Kier alpha value is -3.67. The fraction of sp³-hybridized carbons (Fsp3) is 0.545. The molecule has 1 atom stereocenters. The number of hydrogen-bond donors (Lipinski definition) is 3. The van der Waals surface area contributed by atoms with Gasteiger partial charge in [-0.15, -0.1) is 0 Å². The summed E-state index contributed by atoms with van der Waals surface area (Å²) < 4.78 is 0. The Morgan fingerprint density at radius 2 is 1.86 bits per heavy atom. The van der Waals surface area contributed by atoms with Gasteiger partial charge in [0.05, 0.1) is 11.9 Å². The zero-order chi connectivity index (χ0) is 29.8. The first kappa shape index (κ1) is 34.5. The first-order chi connectivity index (χ1) is 19.8. The minimum absolute atomic E-state index is 0. The molecule has 1 aliphatic heterocycles. The number of H-pyrrole nitrogens is 2. The number of ketones is 1. The van der Waals surface area contributed by atoms with Gasteiger partial charge in [0.2, 0.25) is 5.91 Å². The smallest absolute Gasteiger partial charge is 0.267 e. The van der Waals surface area contributed by atoms with E-state index < -0.39 is 0 Å².